The summed E-state index contributed by atoms with van der Waals surface area (Å²) in [6.07, 6.45) is -1.94. The highest BCUT2D eigenvalue weighted by atomic mass is 19.4. The molecule has 2 heterocycles. The highest BCUT2D eigenvalue weighted by Gasteiger charge is 2.34. The topological polar surface area (TPSA) is 117 Å². The molecule has 0 aliphatic heterocycles. The van der Waals surface area contributed by atoms with E-state index in [1.807, 2.05) is 0 Å². The number of alkyl halides is 3. The molecule has 0 bridgehead atoms. The molecule has 11 heteroatoms. The van der Waals surface area contributed by atoms with Crippen molar-refractivity contribution < 1.29 is 27.5 Å². The van der Waals surface area contributed by atoms with E-state index in [0.29, 0.717) is 5.69 Å². The van der Waals surface area contributed by atoms with E-state index in [1.54, 1.807) is 25.3 Å². The third-order valence-electron chi connectivity index (χ3n) is 4.48. The molecule has 0 spiro atoms. The van der Waals surface area contributed by atoms with Gasteiger partial charge in [-0.3, -0.25) is 9.48 Å². The molecule has 0 saturated heterocycles. The van der Waals surface area contributed by atoms with Crippen molar-refractivity contribution in [2.75, 3.05) is 0 Å². The van der Waals surface area contributed by atoms with Crippen LogP contribution in [0, 0.1) is 11.3 Å². The standard InChI is InChI=1S/C21H20F3N5O3/c1-12(26-18(30)17-11-32-19(27-17)20(2,3)31)10-29-7-6-16(28-29)13-4-5-14(9-25)15(8-13)21(22,23)24/h4-8,11-12,31H,10H2,1-3H3,(H,26,30)/t12-/m0/s1. The number of carbonyl (C=O) groups excluding carboxylic acids is 1. The minimum absolute atomic E-state index is 0.00684. The Morgan fingerprint density at radius 3 is 2.66 bits per heavy atom. The fourth-order valence-electron chi connectivity index (χ4n) is 2.94. The summed E-state index contributed by atoms with van der Waals surface area (Å²) in [6, 6.07) is 6.09. The molecular weight excluding hydrogens is 427 g/mol. The van der Waals surface area contributed by atoms with E-state index in [2.05, 4.69) is 15.4 Å². The molecule has 168 valence electrons. The number of aromatic nitrogens is 3. The molecule has 3 rings (SSSR count). The lowest BCUT2D eigenvalue weighted by atomic mass is 10.0. The molecule has 32 heavy (non-hydrogen) atoms. The molecule has 0 fully saturated rings. The van der Waals surface area contributed by atoms with E-state index in [9.17, 15) is 23.1 Å². The summed E-state index contributed by atoms with van der Waals surface area (Å²) >= 11 is 0. The number of carbonyl (C=O) groups is 1. The largest absolute Gasteiger partial charge is 0.445 e. The van der Waals surface area contributed by atoms with E-state index in [1.165, 1.54) is 24.6 Å². The summed E-state index contributed by atoms with van der Waals surface area (Å²) in [5.74, 6) is -0.501. The molecule has 2 N–H and O–H groups in total. The Balaban J connectivity index is 1.69. The van der Waals surface area contributed by atoms with Crippen LogP contribution in [-0.4, -0.2) is 31.8 Å². The molecular formula is C21H20F3N5O3. The lowest BCUT2D eigenvalue weighted by Crippen LogP contribution is -2.36. The van der Waals surface area contributed by atoms with Gasteiger partial charge in [-0.2, -0.15) is 23.5 Å². The zero-order valence-electron chi connectivity index (χ0n) is 17.4. The number of nitriles is 1. The van der Waals surface area contributed by atoms with Crippen LogP contribution >= 0.6 is 0 Å². The van der Waals surface area contributed by atoms with Crippen LogP contribution < -0.4 is 5.32 Å². The molecule has 3 aromatic rings. The lowest BCUT2D eigenvalue weighted by Gasteiger charge is -2.13. The van der Waals surface area contributed by atoms with E-state index in [0.717, 1.165) is 18.4 Å². The number of oxazole rings is 1. The smallest absolute Gasteiger partial charge is 0.417 e. The van der Waals surface area contributed by atoms with Gasteiger partial charge in [0.15, 0.2) is 5.69 Å². The third-order valence-corrected chi connectivity index (χ3v) is 4.48. The molecule has 0 saturated carbocycles. The Hall–Kier alpha value is -3.65. The highest BCUT2D eigenvalue weighted by Crippen LogP contribution is 2.34. The predicted molar refractivity (Wildman–Crippen MR) is 106 cm³/mol. The monoisotopic (exact) mass is 447 g/mol. The van der Waals surface area contributed by atoms with Gasteiger partial charge < -0.3 is 14.8 Å². The minimum Gasteiger partial charge on any atom is -0.445 e. The van der Waals surface area contributed by atoms with Crippen molar-refractivity contribution in [2.45, 2.75) is 45.1 Å². The second-order valence-electron chi connectivity index (χ2n) is 7.76. The maximum Gasteiger partial charge on any atom is 0.417 e. The quantitative estimate of drug-likeness (QED) is 0.598. The number of nitrogens with zero attached hydrogens (tertiary/aromatic N) is 4. The first-order valence-electron chi connectivity index (χ1n) is 9.53. The number of rotatable bonds is 6. The van der Waals surface area contributed by atoms with Gasteiger partial charge in [-0.15, -0.1) is 0 Å². The van der Waals surface area contributed by atoms with Gasteiger partial charge in [0.1, 0.15) is 11.9 Å². The summed E-state index contributed by atoms with van der Waals surface area (Å²) in [5, 5.41) is 25.8. The van der Waals surface area contributed by atoms with Gasteiger partial charge in [-0.05, 0) is 39.0 Å². The Labute approximate surface area is 181 Å². The first-order chi connectivity index (χ1) is 14.9. The summed E-state index contributed by atoms with van der Waals surface area (Å²) < 4.78 is 46.2. The zero-order valence-corrected chi connectivity index (χ0v) is 17.4. The molecule has 1 atom stereocenters. The van der Waals surface area contributed by atoms with Crippen molar-refractivity contribution in [3.8, 4) is 17.3 Å². The van der Waals surface area contributed by atoms with Crippen LogP contribution in [0.3, 0.4) is 0 Å². The fourth-order valence-corrected chi connectivity index (χ4v) is 2.94. The van der Waals surface area contributed by atoms with E-state index in [4.69, 9.17) is 9.68 Å². The molecule has 1 aromatic carbocycles. The second-order valence-corrected chi connectivity index (χ2v) is 7.76. The summed E-state index contributed by atoms with van der Waals surface area (Å²) in [7, 11) is 0. The van der Waals surface area contributed by atoms with Gasteiger partial charge in [-0.25, -0.2) is 4.98 Å². The number of nitrogens with one attached hydrogen (secondary N) is 1. The van der Waals surface area contributed by atoms with Crippen LogP contribution in [0.1, 0.15) is 48.3 Å². The average molecular weight is 447 g/mol. The molecule has 8 nitrogen and oxygen atoms in total. The minimum atomic E-state index is -4.66. The molecule has 0 aliphatic carbocycles. The normalized spacial score (nSPS) is 12.9. The Morgan fingerprint density at radius 2 is 2.06 bits per heavy atom. The number of hydrogen-bond acceptors (Lipinski definition) is 6. The van der Waals surface area contributed by atoms with Gasteiger partial charge in [0.05, 0.1) is 29.4 Å². The summed E-state index contributed by atoms with van der Waals surface area (Å²) in [4.78, 5) is 16.3. The maximum absolute atomic E-state index is 13.2. The Bertz CT molecular complexity index is 1170. The lowest BCUT2D eigenvalue weighted by molar-refractivity contribution is -0.137. The van der Waals surface area contributed by atoms with Crippen molar-refractivity contribution in [1.29, 1.82) is 5.26 Å². The first kappa shape index (κ1) is 23.0. The van der Waals surface area contributed by atoms with Crippen LogP contribution in [0.4, 0.5) is 13.2 Å². The Morgan fingerprint density at radius 1 is 1.34 bits per heavy atom. The van der Waals surface area contributed by atoms with Crippen molar-refractivity contribution in [1.82, 2.24) is 20.1 Å². The van der Waals surface area contributed by atoms with Gasteiger partial charge in [0, 0.05) is 17.8 Å². The van der Waals surface area contributed by atoms with Gasteiger partial charge in [-0.1, -0.05) is 6.07 Å². The van der Waals surface area contributed by atoms with Gasteiger partial charge in [0.2, 0.25) is 5.89 Å². The van der Waals surface area contributed by atoms with Crippen LogP contribution in [0.5, 0.6) is 0 Å². The number of amides is 1. The average Bonchev–Trinajstić information content (AvgIpc) is 3.36. The van der Waals surface area contributed by atoms with Crippen molar-refractivity contribution >= 4 is 5.91 Å². The highest BCUT2D eigenvalue weighted by molar-refractivity contribution is 5.92. The number of hydrogen-bond donors (Lipinski definition) is 2. The SMILES string of the molecule is C[C@@H](Cn1ccc(-c2ccc(C#N)c(C(F)(F)F)c2)n1)NC(=O)c1coc(C(C)(C)O)n1. The molecule has 0 radical (unpaired) electrons. The molecule has 2 aromatic heterocycles. The second kappa shape index (κ2) is 8.47. The zero-order chi connectivity index (χ0) is 23.7. The molecule has 0 unspecified atom stereocenters. The number of benzene rings is 1. The molecule has 1 amide bonds. The third kappa shape index (κ3) is 5.15. The number of aliphatic hydroxyl groups is 1. The van der Waals surface area contributed by atoms with Gasteiger partial charge >= 0.3 is 6.18 Å². The van der Waals surface area contributed by atoms with E-state index < -0.39 is 34.9 Å². The molecule has 0 aliphatic rings. The summed E-state index contributed by atoms with van der Waals surface area (Å²) in [6.45, 7) is 4.91. The van der Waals surface area contributed by atoms with Crippen molar-refractivity contribution in [3.63, 3.8) is 0 Å². The first-order valence-corrected chi connectivity index (χ1v) is 9.53. The van der Waals surface area contributed by atoms with Crippen LogP contribution in [0.2, 0.25) is 0 Å². The van der Waals surface area contributed by atoms with Crippen LogP contribution in [-0.2, 0) is 18.3 Å². The van der Waals surface area contributed by atoms with E-state index >= 15 is 0 Å². The van der Waals surface area contributed by atoms with E-state index in [-0.39, 0.29) is 23.7 Å². The fraction of sp³-hybridized carbons (Fsp3) is 0.333. The van der Waals surface area contributed by atoms with Crippen molar-refractivity contribution in [2.24, 2.45) is 0 Å². The van der Waals surface area contributed by atoms with Crippen LogP contribution in [0.25, 0.3) is 11.3 Å². The Kier molecular flexibility index (Phi) is 6.09. The predicted octanol–water partition coefficient (Wildman–Crippen LogP) is 3.47. The van der Waals surface area contributed by atoms with Gasteiger partial charge in [0.25, 0.3) is 5.91 Å². The summed E-state index contributed by atoms with van der Waals surface area (Å²) in [5.41, 5.74) is -2.29. The maximum atomic E-state index is 13.2. The van der Waals surface area contributed by atoms with Crippen molar-refractivity contribution in [3.05, 3.63) is 59.4 Å². The number of halogens is 3. The van der Waals surface area contributed by atoms with Crippen LogP contribution in [0.15, 0.2) is 41.1 Å².